The third kappa shape index (κ3) is 3.65. The molecule has 2 rings (SSSR count). The summed E-state index contributed by atoms with van der Waals surface area (Å²) < 4.78 is 1.82. The predicted octanol–water partition coefficient (Wildman–Crippen LogP) is 0.822. The molecule has 0 fully saturated rings. The Balaban J connectivity index is 1.86. The van der Waals surface area contributed by atoms with Gasteiger partial charge in [0.15, 0.2) is 0 Å². The molecule has 0 amide bonds. The van der Waals surface area contributed by atoms with E-state index in [1.165, 1.54) is 5.56 Å². The summed E-state index contributed by atoms with van der Waals surface area (Å²) in [5.41, 5.74) is 5.16. The third-order valence-electron chi connectivity index (χ3n) is 2.96. The summed E-state index contributed by atoms with van der Waals surface area (Å²) in [6.07, 6.45) is 8.53. The molecule has 0 saturated carbocycles. The number of nitrogens with one attached hydrogen (secondary N) is 1. The van der Waals surface area contributed by atoms with Gasteiger partial charge < -0.3 is 0 Å². The lowest BCUT2D eigenvalue weighted by molar-refractivity contribution is 0.487. The highest BCUT2D eigenvalue weighted by Gasteiger charge is 2.09. The second kappa shape index (κ2) is 6.28. The standard InChI is InChI=1S/C13H19N5/c1-18-10-11(9-16-18)5-6-13(17-14)8-12-4-2-3-7-15-12/h2-4,7,9-10,13,17H,5-6,8,14H2,1H3. The van der Waals surface area contributed by atoms with Gasteiger partial charge in [-0.25, -0.2) is 0 Å². The minimum absolute atomic E-state index is 0.236. The second-order valence-electron chi connectivity index (χ2n) is 4.45. The van der Waals surface area contributed by atoms with Crippen molar-refractivity contribution in [1.82, 2.24) is 20.2 Å². The number of pyridine rings is 1. The van der Waals surface area contributed by atoms with Crippen molar-refractivity contribution in [3.05, 3.63) is 48.0 Å². The molecule has 0 spiro atoms. The molecule has 5 nitrogen and oxygen atoms in total. The highest BCUT2D eigenvalue weighted by molar-refractivity contribution is 5.07. The summed E-state index contributed by atoms with van der Waals surface area (Å²) in [4.78, 5) is 4.31. The summed E-state index contributed by atoms with van der Waals surface area (Å²) in [5, 5.41) is 4.16. The zero-order chi connectivity index (χ0) is 12.8. The molecule has 96 valence electrons. The van der Waals surface area contributed by atoms with Gasteiger partial charge in [0.25, 0.3) is 0 Å². The molecule has 5 heteroatoms. The topological polar surface area (TPSA) is 68.8 Å². The van der Waals surface area contributed by atoms with Gasteiger partial charge in [-0.15, -0.1) is 0 Å². The molecule has 0 radical (unpaired) electrons. The summed E-state index contributed by atoms with van der Waals surface area (Å²) in [6, 6.07) is 6.18. The Hall–Kier alpha value is -1.72. The van der Waals surface area contributed by atoms with Crippen molar-refractivity contribution in [2.24, 2.45) is 12.9 Å². The smallest absolute Gasteiger partial charge is 0.0521 e. The Kier molecular flexibility index (Phi) is 4.44. The second-order valence-corrected chi connectivity index (χ2v) is 4.45. The minimum Gasteiger partial charge on any atom is -0.276 e. The summed E-state index contributed by atoms with van der Waals surface area (Å²) in [7, 11) is 1.93. The Morgan fingerprint density at radius 2 is 2.33 bits per heavy atom. The van der Waals surface area contributed by atoms with Crippen molar-refractivity contribution < 1.29 is 0 Å². The maximum atomic E-state index is 5.59. The average Bonchev–Trinajstić information content (AvgIpc) is 2.81. The number of rotatable bonds is 6. The number of hydrogen-bond acceptors (Lipinski definition) is 4. The molecule has 0 aliphatic rings. The van der Waals surface area contributed by atoms with Gasteiger partial charge in [0.2, 0.25) is 0 Å². The van der Waals surface area contributed by atoms with Crippen molar-refractivity contribution in [1.29, 1.82) is 0 Å². The SMILES string of the molecule is Cn1cc(CCC(Cc2ccccn2)NN)cn1. The monoisotopic (exact) mass is 245 g/mol. The van der Waals surface area contributed by atoms with Crippen LogP contribution in [0.4, 0.5) is 0 Å². The molecule has 18 heavy (non-hydrogen) atoms. The number of aryl methyl sites for hydroxylation is 2. The predicted molar refractivity (Wildman–Crippen MR) is 70.6 cm³/mol. The van der Waals surface area contributed by atoms with Gasteiger partial charge in [-0.2, -0.15) is 5.10 Å². The third-order valence-corrected chi connectivity index (χ3v) is 2.96. The van der Waals surface area contributed by atoms with Crippen molar-refractivity contribution in [2.75, 3.05) is 0 Å². The molecule has 0 aliphatic heterocycles. The van der Waals surface area contributed by atoms with Crippen LogP contribution in [0.5, 0.6) is 0 Å². The van der Waals surface area contributed by atoms with E-state index in [9.17, 15) is 0 Å². The van der Waals surface area contributed by atoms with Crippen molar-refractivity contribution in [3.8, 4) is 0 Å². The fourth-order valence-corrected chi connectivity index (χ4v) is 1.96. The van der Waals surface area contributed by atoms with Gasteiger partial charge in [-0.1, -0.05) is 6.07 Å². The fourth-order valence-electron chi connectivity index (χ4n) is 1.96. The molecule has 0 saturated heterocycles. The molecule has 1 unspecified atom stereocenters. The van der Waals surface area contributed by atoms with Gasteiger partial charge in [0.1, 0.15) is 0 Å². The van der Waals surface area contributed by atoms with E-state index in [0.717, 1.165) is 25.0 Å². The lowest BCUT2D eigenvalue weighted by Gasteiger charge is -2.14. The van der Waals surface area contributed by atoms with Crippen molar-refractivity contribution >= 4 is 0 Å². The number of hydrazine groups is 1. The zero-order valence-electron chi connectivity index (χ0n) is 10.6. The molecule has 0 aliphatic carbocycles. The molecular formula is C13H19N5. The van der Waals surface area contributed by atoms with E-state index in [2.05, 4.69) is 15.5 Å². The summed E-state index contributed by atoms with van der Waals surface area (Å²) >= 11 is 0. The summed E-state index contributed by atoms with van der Waals surface area (Å²) in [6.45, 7) is 0. The van der Waals surface area contributed by atoms with Crippen molar-refractivity contribution in [2.45, 2.75) is 25.3 Å². The molecule has 2 aromatic rings. The highest BCUT2D eigenvalue weighted by Crippen LogP contribution is 2.07. The molecule has 2 aromatic heterocycles. The fraction of sp³-hybridized carbons (Fsp3) is 0.385. The van der Waals surface area contributed by atoms with Crippen LogP contribution < -0.4 is 11.3 Å². The summed E-state index contributed by atoms with van der Waals surface area (Å²) in [5.74, 6) is 5.59. The van der Waals surface area contributed by atoms with E-state index in [1.54, 1.807) is 0 Å². The van der Waals surface area contributed by atoms with Crippen LogP contribution in [0.2, 0.25) is 0 Å². The van der Waals surface area contributed by atoms with Crippen molar-refractivity contribution in [3.63, 3.8) is 0 Å². The zero-order valence-corrected chi connectivity index (χ0v) is 10.6. The van der Waals surface area contributed by atoms with Gasteiger partial charge >= 0.3 is 0 Å². The van der Waals surface area contributed by atoms with Crippen LogP contribution in [0.3, 0.4) is 0 Å². The van der Waals surface area contributed by atoms with E-state index in [4.69, 9.17) is 5.84 Å². The van der Waals surface area contributed by atoms with Gasteiger partial charge in [-0.3, -0.25) is 20.9 Å². The first-order chi connectivity index (χ1) is 8.78. The lowest BCUT2D eigenvalue weighted by Crippen LogP contribution is -2.37. The van der Waals surface area contributed by atoms with Crippen LogP contribution in [-0.2, 0) is 19.9 Å². The average molecular weight is 245 g/mol. The van der Waals surface area contributed by atoms with Gasteiger partial charge in [0.05, 0.1) is 6.20 Å². The minimum atomic E-state index is 0.236. The van der Waals surface area contributed by atoms with Crippen LogP contribution in [0.15, 0.2) is 36.8 Å². The van der Waals surface area contributed by atoms with Gasteiger partial charge in [-0.05, 0) is 30.5 Å². The Morgan fingerprint density at radius 3 is 2.94 bits per heavy atom. The molecule has 0 bridgehead atoms. The van der Waals surface area contributed by atoms with Crippen LogP contribution >= 0.6 is 0 Å². The van der Waals surface area contributed by atoms with E-state index >= 15 is 0 Å². The van der Waals surface area contributed by atoms with E-state index < -0.39 is 0 Å². The van der Waals surface area contributed by atoms with Crippen LogP contribution in [0.25, 0.3) is 0 Å². The highest BCUT2D eigenvalue weighted by atomic mass is 15.2. The lowest BCUT2D eigenvalue weighted by atomic mass is 10.0. The molecule has 3 N–H and O–H groups in total. The number of hydrogen-bond donors (Lipinski definition) is 2. The Morgan fingerprint density at radius 1 is 1.44 bits per heavy atom. The van der Waals surface area contributed by atoms with E-state index in [0.29, 0.717) is 0 Å². The molecular weight excluding hydrogens is 226 g/mol. The van der Waals surface area contributed by atoms with E-state index in [1.807, 2.05) is 48.5 Å². The number of nitrogens with two attached hydrogens (primary N) is 1. The van der Waals surface area contributed by atoms with Gasteiger partial charge in [0, 0.05) is 37.6 Å². The molecule has 1 atom stereocenters. The molecule has 0 aromatic carbocycles. The maximum absolute atomic E-state index is 5.59. The normalized spacial score (nSPS) is 12.6. The number of nitrogens with zero attached hydrogens (tertiary/aromatic N) is 3. The van der Waals surface area contributed by atoms with Crippen LogP contribution in [0.1, 0.15) is 17.7 Å². The van der Waals surface area contributed by atoms with Crippen LogP contribution in [-0.4, -0.2) is 20.8 Å². The maximum Gasteiger partial charge on any atom is 0.0521 e. The first-order valence-corrected chi connectivity index (χ1v) is 6.11. The largest absolute Gasteiger partial charge is 0.276 e. The quantitative estimate of drug-likeness (QED) is 0.584. The first-order valence-electron chi connectivity index (χ1n) is 6.11. The van der Waals surface area contributed by atoms with E-state index in [-0.39, 0.29) is 6.04 Å². The number of aromatic nitrogens is 3. The van der Waals surface area contributed by atoms with Crippen LogP contribution in [0, 0.1) is 0 Å². The molecule has 2 heterocycles. The Labute approximate surface area is 107 Å². The first kappa shape index (κ1) is 12.7. The Bertz CT molecular complexity index is 465.